The molecule has 0 aliphatic heterocycles. The van der Waals surface area contributed by atoms with E-state index in [1.165, 1.54) is 12.4 Å². The normalized spacial score (nSPS) is 7.09. The van der Waals surface area contributed by atoms with Gasteiger partial charge in [-0.25, -0.2) is 5.48 Å². The van der Waals surface area contributed by atoms with E-state index >= 15 is 0 Å². The molecule has 48 valence electrons. The van der Waals surface area contributed by atoms with Crippen LogP contribution in [0.15, 0.2) is 0 Å². The van der Waals surface area contributed by atoms with Crippen LogP contribution in [0.5, 0.6) is 0 Å². The van der Waals surface area contributed by atoms with Crippen molar-refractivity contribution in [2.45, 2.75) is 6.92 Å². The van der Waals surface area contributed by atoms with Crippen LogP contribution in [-0.2, 0) is 4.79 Å². The van der Waals surface area contributed by atoms with Gasteiger partial charge in [-0.1, -0.05) is 0 Å². The SMILES string of the molecule is CC(=O)NO.[B]B([B])B([B])[B]. The van der Waals surface area contributed by atoms with Gasteiger partial charge in [0.1, 0.15) is 0 Å². The second-order valence-corrected chi connectivity index (χ2v) is 1.82. The van der Waals surface area contributed by atoms with Crippen molar-refractivity contribution >= 4 is 49.6 Å². The van der Waals surface area contributed by atoms with Gasteiger partial charge >= 0.3 is 0 Å². The quantitative estimate of drug-likeness (QED) is 0.235. The van der Waals surface area contributed by atoms with Crippen LogP contribution >= 0.6 is 0 Å². The number of carbonyl (C=O) groups is 1. The number of nitrogens with one attached hydrogen (secondary N) is 1. The molecule has 0 aromatic heterocycles. The van der Waals surface area contributed by atoms with Crippen LogP contribution in [0.25, 0.3) is 0 Å². The van der Waals surface area contributed by atoms with E-state index in [4.69, 9.17) is 36.2 Å². The van der Waals surface area contributed by atoms with Gasteiger partial charge in [0.05, 0.1) is 0 Å². The predicted molar refractivity (Wildman–Crippen MR) is 50.1 cm³/mol. The summed E-state index contributed by atoms with van der Waals surface area (Å²) in [5, 5.41) is 7.54. The van der Waals surface area contributed by atoms with Crippen LogP contribution in [0.3, 0.4) is 0 Å². The molecule has 1 amide bonds. The number of carbonyl (C=O) groups excluding carboxylic acids is 1. The van der Waals surface area contributed by atoms with E-state index in [0.29, 0.717) is 0 Å². The lowest BCUT2D eigenvalue weighted by molar-refractivity contribution is -0.126. The highest BCUT2D eigenvalue weighted by molar-refractivity contribution is 7.76. The molecular formula is C2H5B6NO2. The summed E-state index contributed by atoms with van der Waals surface area (Å²) >= 11 is 0. The molecular weight excluding hydrogens is 135 g/mol. The fourth-order valence-corrected chi connectivity index (χ4v) is 0. The van der Waals surface area contributed by atoms with Crippen molar-refractivity contribution in [2.75, 3.05) is 0 Å². The Labute approximate surface area is 72.7 Å². The molecule has 8 radical (unpaired) electrons. The van der Waals surface area contributed by atoms with E-state index in [9.17, 15) is 4.79 Å². The number of hydrogen-bond donors (Lipinski definition) is 2. The minimum atomic E-state index is -0.593. The first kappa shape index (κ1) is 13.4. The minimum Gasteiger partial charge on any atom is -0.289 e. The summed E-state index contributed by atoms with van der Waals surface area (Å²) < 4.78 is 0. The third-order valence-corrected chi connectivity index (χ3v) is 0.602. The fraction of sp³-hybridized carbons (Fsp3) is 0.500. The van der Waals surface area contributed by atoms with Gasteiger partial charge in [-0.05, 0) is 0 Å². The summed E-state index contributed by atoms with van der Waals surface area (Å²) in [6.07, 6.45) is -1.19. The van der Waals surface area contributed by atoms with Crippen molar-refractivity contribution in [3.8, 4) is 0 Å². The summed E-state index contributed by atoms with van der Waals surface area (Å²) in [5.74, 6) is -0.440. The number of amides is 1. The zero-order valence-electron chi connectivity index (χ0n) is 6.32. The highest BCUT2D eigenvalue weighted by Gasteiger charge is 2.00. The van der Waals surface area contributed by atoms with Crippen molar-refractivity contribution in [1.82, 2.24) is 5.48 Å². The largest absolute Gasteiger partial charge is 0.289 e. The lowest BCUT2D eigenvalue weighted by Gasteiger charge is -2.00. The highest BCUT2D eigenvalue weighted by Crippen LogP contribution is 1.62. The topological polar surface area (TPSA) is 49.3 Å². The number of hydroxylamine groups is 1. The van der Waals surface area contributed by atoms with E-state index in [-0.39, 0.29) is 0 Å². The first-order chi connectivity index (χ1) is 4.91. The highest BCUT2D eigenvalue weighted by atomic mass is 16.5. The first-order valence-corrected chi connectivity index (χ1v) is 2.84. The van der Waals surface area contributed by atoms with Gasteiger partial charge in [0.25, 0.3) is 0 Å². The molecule has 0 rings (SSSR count). The molecule has 0 atom stereocenters. The van der Waals surface area contributed by atoms with Crippen molar-refractivity contribution < 1.29 is 10.0 Å². The van der Waals surface area contributed by atoms with Crippen molar-refractivity contribution in [3.05, 3.63) is 0 Å². The molecule has 0 aromatic rings. The van der Waals surface area contributed by atoms with Gasteiger partial charge < -0.3 is 0 Å². The van der Waals surface area contributed by atoms with E-state index in [0.717, 1.165) is 0 Å². The Hall–Kier alpha value is -0.180. The molecule has 9 heteroatoms. The number of rotatable bonds is 1. The molecule has 0 saturated heterocycles. The molecule has 0 aromatic carbocycles. The van der Waals surface area contributed by atoms with Crippen LogP contribution in [0.4, 0.5) is 0 Å². The Morgan fingerprint density at radius 1 is 1.27 bits per heavy atom. The zero-order chi connectivity index (χ0) is 9.44. The van der Waals surface area contributed by atoms with E-state index in [1.54, 1.807) is 0 Å². The number of hydrogen-bond acceptors (Lipinski definition) is 2. The monoisotopic (exact) mass is 141 g/mol. The minimum absolute atomic E-state index is 0.440. The summed E-state index contributed by atoms with van der Waals surface area (Å²) in [7, 11) is 19.9. The molecule has 0 bridgehead atoms. The van der Waals surface area contributed by atoms with Gasteiger partial charge in [0, 0.05) is 50.6 Å². The average molecular weight is 140 g/mol. The first-order valence-electron chi connectivity index (χ1n) is 2.84. The Bertz CT molecular complexity index is 101. The van der Waals surface area contributed by atoms with E-state index in [2.05, 4.69) is 0 Å². The molecule has 0 aliphatic rings. The second kappa shape index (κ2) is 7.92. The van der Waals surface area contributed by atoms with Gasteiger partial charge in [-0.3, -0.25) is 10.0 Å². The predicted octanol–water partition coefficient (Wildman–Crippen LogP) is -2.77. The smallest absolute Gasteiger partial charge is 0.240 e. The Morgan fingerprint density at radius 3 is 1.45 bits per heavy atom. The summed E-state index contributed by atoms with van der Waals surface area (Å²) in [4.78, 5) is 9.45. The summed E-state index contributed by atoms with van der Waals surface area (Å²) in [6, 6.07) is 0. The molecule has 3 nitrogen and oxygen atoms in total. The third-order valence-electron chi connectivity index (χ3n) is 0.602. The lowest BCUT2D eigenvalue weighted by atomic mass is 8.81. The molecule has 0 aliphatic carbocycles. The van der Waals surface area contributed by atoms with Gasteiger partial charge in [0.15, 0.2) is 0 Å². The maximum atomic E-state index is 9.45. The van der Waals surface area contributed by atoms with E-state index < -0.39 is 18.7 Å². The Kier molecular flexibility index (Phi) is 9.66. The van der Waals surface area contributed by atoms with Crippen molar-refractivity contribution in [2.24, 2.45) is 0 Å². The second-order valence-electron chi connectivity index (χ2n) is 1.82. The molecule has 0 fully saturated rings. The Balaban J connectivity index is 0. The third kappa shape index (κ3) is 17.7. The van der Waals surface area contributed by atoms with Gasteiger partial charge in [0.2, 0.25) is 5.91 Å². The maximum Gasteiger partial charge on any atom is 0.240 e. The Morgan fingerprint density at radius 2 is 1.45 bits per heavy atom. The van der Waals surface area contributed by atoms with Crippen LogP contribution in [0, 0.1) is 0 Å². The lowest BCUT2D eigenvalue weighted by Crippen LogP contribution is -2.38. The van der Waals surface area contributed by atoms with Crippen molar-refractivity contribution in [3.63, 3.8) is 0 Å². The molecule has 2 N–H and O–H groups in total. The zero-order valence-corrected chi connectivity index (χ0v) is 6.32. The van der Waals surface area contributed by atoms with Crippen LogP contribution in [0.2, 0.25) is 0 Å². The van der Waals surface area contributed by atoms with Gasteiger partial charge in [-0.2, -0.15) is 0 Å². The molecule has 11 heavy (non-hydrogen) atoms. The van der Waals surface area contributed by atoms with Crippen LogP contribution < -0.4 is 5.48 Å². The van der Waals surface area contributed by atoms with Crippen LogP contribution in [0.1, 0.15) is 6.92 Å². The summed E-state index contributed by atoms with van der Waals surface area (Å²) in [6.45, 7) is 1.22. The molecule has 0 saturated carbocycles. The molecule has 0 spiro atoms. The molecule has 0 heterocycles. The summed E-state index contributed by atoms with van der Waals surface area (Å²) in [5.41, 5.74) is 1.39. The maximum absolute atomic E-state index is 9.45. The van der Waals surface area contributed by atoms with E-state index in [1.807, 2.05) is 0 Å². The van der Waals surface area contributed by atoms with Crippen LogP contribution in [-0.4, -0.2) is 54.8 Å². The molecule has 0 unspecified atom stereocenters. The average Bonchev–Trinajstić information content (AvgIpc) is 1.89. The standard InChI is InChI=1S/C2H5NO2.B6/c1-2(4)3-5;1-5(2)6(3)4/h5H,1H3,(H,3,4);. The van der Waals surface area contributed by atoms with Gasteiger partial charge in [-0.15, -0.1) is 0 Å². The fourth-order valence-electron chi connectivity index (χ4n) is 0. The van der Waals surface area contributed by atoms with Crippen molar-refractivity contribution in [1.29, 1.82) is 0 Å².